The van der Waals surface area contributed by atoms with Crippen molar-refractivity contribution in [1.82, 2.24) is 10.6 Å². The lowest BCUT2D eigenvalue weighted by Crippen LogP contribution is -2.77. The highest BCUT2D eigenvalue weighted by molar-refractivity contribution is 6.71. The standard InChI is InChI=1S/C22H42N2O2Si/c1-15-13-23-21(19-11-7-5-9-17(15)19)27(25-3,26-4)22-20-12-8-6-10-18(20)16(2)14-24-22/h15-24H,5-14H2,1-4H3. The SMILES string of the molecule is CO[Si](OC)(C1NCC(C)C2CCCCC21)C1NCC(C)C2CCCCC21. The van der Waals surface area contributed by atoms with Gasteiger partial charge in [-0.1, -0.05) is 39.5 Å². The number of hydrogen-bond donors (Lipinski definition) is 2. The Labute approximate surface area is 167 Å². The maximum Gasteiger partial charge on any atom is 0.373 e. The fraction of sp³-hybridized carbons (Fsp3) is 1.00. The zero-order chi connectivity index (χ0) is 19.0. The van der Waals surface area contributed by atoms with Crippen LogP contribution in [-0.2, 0) is 8.85 Å². The van der Waals surface area contributed by atoms with Gasteiger partial charge in [-0.15, -0.1) is 0 Å². The zero-order valence-electron chi connectivity index (χ0n) is 18.0. The van der Waals surface area contributed by atoms with Crippen molar-refractivity contribution in [2.75, 3.05) is 27.3 Å². The van der Waals surface area contributed by atoms with Crippen LogP contribution in [0.25, 0.3) is 0 Å². The van der Waals surface area contributed by atoms with Gasteiger partial charge in [0, 0.05) is 14.2 Å². The molecular weight excluding hydrogens is 352 g/mol. The molecule has 0 aromatic rings. The van der Waals surface area contributed by atoms with Crippen molar-refractivity contribution in [3.63, 3.8) is 0 Å². The fourth-order valence-electron chi connectivity index (χ4n) is 7.51. The van der Waals surface area contributed by atoms with Crippen LogP contribution < -0.4 is 10.6 Å². The van der Waals surface area contributed by atoms with Crippen molar-refractivity contribution in [3.8, 4) is 0 Å². The monoisotopic (exact) mass is 394 g/mol. The Morgan fingerprint density at radius 1 is 0.630 bits per heavy atom. The minimum Gasteiger partial charge on any atom is -0.396 e. The molecule has 4 aliphatic rings. The summed E-state index contributed by atoms with van der Waals surface area (Å²) in [4.78, 5) is 0. The predicted molar refractivity (Wildman–Crippen MR) is 113 cm³/mol. The molecule has 0 spiro atoms. The van der Waals surface area contributed by atoms with Crippen LogP contribution in [0.3, 0.4) is 0 Å². The van der Waals surface area contributed by atoms with Crippen molar-refractivity contribution in [2.24, 2.45) is 35.5 Å². The first-order valence-corrected chi connectivity index (χ1v) is 13.7. The van der Waals surface area contributed by atoms with Gasteiger partial charge in [-0.3, -0.25) is 0 Å². The Bertz CT molecular complexity index is 461. The number of fused-ring (bicyclic) bond motifs is 2. The molecule has 2 heterocycles. The second-order valence-electron chi connectivity index (χ2n) is 10.1. The minimum atomic E-state index is -2.44. The van der Waals surface area contributed by atoms with Gasteiger partial charge in [0.25, 0.3) is 0 Å². The normalized spacial score (nSPS) is 45.8. The summed E-state index contributed by atoms with van der Waals surface area (Å²) in [5.41, 5.74) is 0.866. The van der Waals surface area contributed by atoms with E-state index < -0.39 is 8.56 Å². The highest BCUT2D eigenvalue weighted by atomic mass is 28.4. The summed E-state index contributed by atoms with van der Waals surface area (Å²) in [5, 5.41) is 7.97. The molecule has 156 valence electrons. The van der Waals surface area contributed by atoms with Crippen LogP contribution in [0, 0.1) is 35.5 Å². The van der Waals surface area contributed by atoms with E-state index in [1.54, 1.807) is 0 Å². The molecule has 27 heavy (non-hydrogen) atoms. The van der Waals surface area contributed by atoms with E-state index in [-0.39, 0.29) is 0 Å². The van der Waals surface area contributed by atoms with Gasteiger partial charge < -0.3 is 19.5 Å². The van der Waals surface area contributed by atoms with Crippen molar-refractivity contribution in [1.29, 1.82) is 0 Å². The molecule has 8 atom stereocenters. The largest absolute Gasteiger partial charge is 0.396 e. The molecule has 4 fully saturated rings. The van der Waals surface area contributed by atoms with E-state index in [1.807, 2.05) is 14.2 Å². The van der Waals surface area contributed by atoms with E-state index in [2.05, 4.69) is 24.5 Å². The van der Waals surface area contributed by atoms with Crippen molar-refractivity contribution in [2.45, 2.75) is 76.5 Å². The molecule has 0 bridgehead atoms. The summed E-state index contributed by atoms with van der Waals surface area (Å²) in [5.74, 6) is 4.75. The maximum atomic E-state index is 6.53. The van der Waals surface area contributed by atoms with Gasteiger partial charge in [-0.2, -0.15) is 0 Å². The second kappa shape index (κ2) is 8.43. The summed E-state index contributed by atoms with van der Waals surface area (Å²) in [6.45, 7) is 7.16. The van der Waals surface area contributed by atoms with Crippen LogP contribution in [0.4, 0.5) is 0 Å². The quantitative estimate of drug-likeness (QED) is 0.715. The van der Waals surface area contributed by atoms with Gasteiger partial charge in [-0.05, 0) is 74.3 Å². The van der Waals surface area contributed by atoms with Gasteiger partial charge in [0.15, 0.2) is 0 Å². The van der Waals surface area contributed by atoms with Gasteiger partial charge >= 0.3 is 8.56 Å². The van der Waals surface area contributed by atoms with E-state index in [9.17, 15) is 0 Å². The summed E-state index contributed by atoms with van der Waals surface area (Å²) in [6.07, 6.45) is 11.1. The fourth-order valence-corrected chi connectivity index (χ4v) is 11.9. The first kappa shape index (κ1) is 20.3. The Morgan fingerprint density at radius 3 is 1.37 bits per heavy atom. The van der Waals surface area contributed by atoms with E-state index in [1.165, 1.54) is 51.4 Å². The van der Waals surface area contributed by atoms with Crippen LogP contribution in [0.5, 0.6) is 0 Å². The molecule has 0 radical (unpaired) electrons. The highest BCUT2D eigenvalue weighted by Crippen LogP contribution is 2.47. The molecule has 0 aromatic heterocycles. The second-order valence-corrected chi connectivity index (χ2v) is 13.6. The number of nitrogens with one attached hydrogen (secondary N) is 2. The first-order chi connectivity index (χ1) is 13.1. The summed E-state index contributed by atoms with van der Waals surface area (Å²) >= 11 is 0. The molecule has 4 rings (SSSR count). The van der Waals surface area contributed by atoms with Crippen LogP contribution in [0.15, 0.2) is 0 Å². The zero-order valence-corrected chi connectivity index (χ0v) is 19.0. The average molecular weight is 395 g/mol. The lowest BCUT2D eigenvalue weighted by atomic mass is 9.70. The van der Waals surface area contributed by atoms with Crippen molar-refractivity contribution < 1.29 is 8.85 Å². The van der Waals surface area contributed by atoms with E-state index in [0.717, 1.165) is 48.6 Å². The molecule has 2 saturated heterocycles. The lowest BCUT2D eigenvalue weighted by Gasteiger charge is -2.56. The molecule has 8 unspecified atom stereocenters. The third-order valence-corrected chi connectivity index (χ3v) is 13.2. The lowest BCUT2D eigenvalue weighted by molar-refractivity contribution is 0.0530. The van der Waals surface area contributed by atoms with E-state index in [0.29, 0.717) is 11.3 Å². The molecule has 2 N–H and O–H groups in total. The van der Waals surface area contributed by atoms with Crippen LogP contribution in [0.2, 0.25) is 0 Å². The average Bonchev–Trinajstić information content (AvgIpc) is 2.72. The number of rotatable bonds is 4. The van der Waals surface area contributed by atoms with Crippen LogP contribution in [-0.4, -0.2) is 47.2 Å². The summed E-state index contributed by atoms with van der Waals surface area (Å²) < 4.78 is 13.1. The third kappa shape index (κ3) is 3.46. The Hall–Kier alpha value is 0.0569. The van der Waals surface area contributed by atoms with Gasteiger partial charge in [-0.25, -0.2) is 0 Å². The molecule has 0 aromatic carbocycles. The molecule has 4 nitrogen and oxygen atoms in total. The van der Waals surface area contributed by atoms with Crippen molar-refractivity contribution >= 4 is 8.56 Å². The Morgan fingerprint density at radius 2 is 1.00 bits per heavy atom. The number of hydrogen-bond acceptors (Lipinski definition) is 4. The highest BCUT2D eigenvalue weighted by Gasteiger charge is 2.61. The van der Waals surface area contributed by atoms with Gasteiger partial charge in [0.05, 0.1) is 11.3 Å². The molecule has 2 saturated carbocycles. The first-order valence-electron chi connectivity index (χ1n) is 11.7. The topological polar surface area (TPSA) is 42.5 Å². The predicted octanol–water partition coefficient (Wildman–Crippen LogP) is 3.63. The van der Waals surface area contributed by atoms with Gasteiger partial charge in [0.1, 0.15) is 0 Å². The molecule has 0 amide bonds. The minimum absolute atomic E-state index is 0.433. The summed E-state index contributed by atoms with van der Waals surface area (Å²) in [7, 11) is 1.46. The molecular formula is C22H42N2O2Si. The third-order valence-electron chi connectivity index (χ3n) is 8.89. The molecule has 2 aliphatic heterocycles. The van der Waals surface area contributed by atoms with E-state index >= 15 is 0 Å². The summed E-state index contributed by atoms with van der Waals surface area (Å²) in [6, 6.07) is 0. The smallest absolute Gasteiger partial charge is 0.373 e. The molecule has 5 heteroatoms. The van der Waals surface area contributed by atoms with Crippen LogP contribution >= 0.6 is 0 Å². The Balaban J connectivity index is 1.65. The molecule has 2 aliphatic carbocycles. The van der Waals surface area contributed by atoms with Gasteiger partial charge in [0.2, 0.25) is 0 Å². The van der Waals surface area contributed by atoms with Crippen molar-refractivity contribution in [3.05, 3.63) is 0 Å². The number of piperidine rings is 2. The van der Waals surface area contributed by atoms with E-state index in [4.69, 9.17) is 8.85 Å². The maximum absolute atomic E-state index is 6.53. The van der Waals surface area contributed by atoms with Crippen LogP contribution in [0.1, 0.15) is 65.2 Å². The Kier molecular flexibility index (Phi) is 6.35.